The van der Waals surface area contributed by atoms with Gasteiger partial charge in [-0.2, -0.15) is 0 Å². The van der Waals surface area contributed by atoms with Crippen molar-refractivity contribution in [1.82, 2.24) is 4.98 Å². The average molecular weight is 265 g/mol. The van der Waals surface area contributed by atoms with Crippen LogP contribution in [0.3, 0.4) is 0 Å². The maximum atomic E-state index is 11.2. The minimum atomic E-state index is -0.908. The molecule has 3 rings (SSSR count). The van der Waals surface area contributed by atoms with Crippen molar-refractivity contribution < 1.29 is 9.90 Å². The number of carboxylic acid groups (broad SMARTS) is 1. The molecule has 1 aromatic heterocycles. The van der Waals surface area contributed by atoms with Crippen LogP contribution in [0.15, 0.2) is 42.6 Å². The summed E-state index contributed by atoms with van der Waals surface area (Å²) in [6, 6.07) is 12.2. The molecule has 0 atom stereocenters. The number of nitrogens with one attached hydrogen (secondary N) is 1. The third kappa shape index (κ3) is 1.97. The number of hydrogen-bond donors (Lipinski definition) is 2. The molecule has 3 aromatic rings. The summed E-state index contributed by atoms with van der Waals surface area (Å²) in [5, 5.41) is 9.96. The van der Waals surface area contributed by atoms with E-state index in [-0.39, 0.29) is 0 Å². The topological polar surface area (TPSA) is 53.1 Å². The van der Waals surface area contributed by atoms with Gasteiger partial charge in [-0.05, 0) is 42.7 Å². The monoisotopic (exact) mass is 265 g/mol. The third-order valence-corrected chi connectivity index (χ3v) is 3.62. The normalized spacial score (nSPS) is 10.9. The number of rotatable bonds is 2. The number of fused-ring (bicyclic) bond motifs is 1. The number of aromatic carboxylic acids is 1. The van der Waals surface area contributed by atoms with Gasteiger partial charge in [-0.25, -0.2) is 4.79 Å². The fourth-order valence-corrected chi connectivity index (χ4v) is 2.51. The molecule has 0 amide bonds. The Morgan fingerprint density at radius 1 is 1.10 bits per heavy atom. The standard InChI is InChI=1S/C17H15NO2/c1-10-3-4-11(2)13(7-10)12-5-6-16-14(8-12)15(9-18-16)17(19)20/h3-9,18H,1-2H3,(H,19,20). The molecule has 0 aliphatic carbocycles. The fourth-order valence-electron chi connectivity index (χ4n) is 2.51. The fraction of sp³-hybridized carbons (Fsp3) is 0.118. The van der Waals surface area contributed by atoms with Crippen LogP contribution >= 0.6 is 0 Å². The van der Waals surface area contributed by atoms with E-state index in [1.807, 2.05) is 18.2 Å². The van der Waals surface area contributed by atoms with E-state index in [1.54, 1.807) is 6.20 Å². The minimum Gasteiger partial charge on any atom is -0.478 e. The molecule has 0 unspecified atom stereocenters. The number of aryl methyl sites for hydroxylation is 2. The number of aromatic nitrogens is 1. The quantitative estimate of drug-likeness (QED) is 0.731. The lowest BCUT2D eigenvalue weighted by molar-refractivity contribution is 0.0699. The molecular formula is C17H15NO2. The summed E-state index contributed by atoms with van der Waals surface area (Å²) in [6.07, 6.45) is 1.54. The van der Waals surface area contributed by atoms with Gasteiger partial charge in [0.2, 0.25) is 0 Å². The zero-order chi connectivity index (χ0) is 14.3. The van der Waals surface area contributed by atoms with Crippen molar-refractivity contribution in [1.29, 1.82) is 0 Å². The summed E-state index contributed by atoms with van der Waals surface area (Å²) in [4.78, 5) is 14.2. The molecule has 0 saturated heterocycles. The van der Waals surface area contributed by atoms with E-state index >= 15 is 0 Å². The molecule has 3 heteroatoms. The van der Waals surface area contributed by atoms with E-state index < -0.39 is 5.97 Å². The highest BCUT2D eigenvalue weighted by Gasteiger charge is 2.12. The van der Waals surface area contributed by atoms with Gasteiger partial charge in [-0.1, -0.05) is 29.8 Å². The largest absolute Gasteiger partial charge is 0.478 e. The van der Waals surface area contributed by atoms with Crippen LogP contribution in [0.4, 0.5) is 0 Å². The molecule has 0 fully saturated rings. The highest BCUT2D eigenvalue weighted by atomic mass is 16.4. The number of benzene rings is 2. The summed E-state index contributed by atoms with van der Waals surface area (Å²) in [7, 11) is 0. The van der Waals surface area contributed by atoms with Gasteiger partial charge in [-0.3, -0.25) is 0 Å². The lowest BCUT2D eigenvalue weighted by Crippen LogP contribution is -1.93. The number of aromatic amines is 1. The van der Waals surface area contributed by atoms with E-state index in [9.17, 15) is 9.90 Å². The second-order valence-electron chi connectivity index (χ2n) is 5.09. The maximum Gasteiger partial charge on any atom is 0.337 e. The van der Waals surface area contributed by atoms with Gasteiger partial charge in [0, 0.05) is 17.1 Å². The Labute approximate surface area is 116 Å². The van der Waals surface area contributed by atoms with Crippen molar-refractivity contribution in [3.63, 3.8) is 0 Å². The summed E-state index contributed by atoms with van der Waals surface area (Å²) in [5.41, 5.74) is 5.72. The van der Waals surface area contributed by atoms with E-state index in [0.717, 1.165) is 22.0 Å². The Balaban J connectivity index is 2.24. The van der Waals surface area contributed by atoms with Crippen LogP contribution in [0.1, 0.15) is 21.5 Å². The molecule has 0 aliphatic rings. The molecule has 20 heavy (non-hydrogen) atoms. The van der Waals surface area contributed by atoms with Gasteiger partial charge in [0.05, 0.1) is 5.56 Å². The van der Waals surface area contributed by atoms with Crippen LogP contribution in [0, 0.1) is 13.8 Å². The number of carboxylic acids is 1. The van der Waals surface area contributed by atoms with Crippen molar-refractivity contribution in [2.45, 2.75) is 13.8 Å². The Bertz CT molecular complexity index is 815. The van der Waals surface area contributed by atoms with Gasteiger partial charge in [0.1, 0.15) is 0 Å². The molecule has 0 bridgehead atoms. The van der Waals surface area contributed by atoms with E-state index in [4.69, 9.17) is 0 Å². The molecule has 3 nitrogen and oxygen atoms in total. The van der Waals surface area contributed by atoms with Crippen molar-refractivity contribution in [2.75, 3.05) is 0 Å². The first-order valence-corrected chi connectivity index (χ1v) is 6.48. The Hall–Kier alpha value is -2.55. The molecule has 1 heterocycles. The lowest BCUT2D eigenvalue weighted by atomic mass is 9.97. The SMILES string of the molecule is Cc1ccc(C)c(-c2ccc3[nH]cc(C(=O)O)c3c2)c1. The zero-order valence-electron chi connectivity index (χ0n) is 11.4. The first-order valence-electron chi connectivity index (χ1n) is 6.48. The second kappa shape index (κ2) is 4.53. The lowest BCUT2D eigenvalue weighted by Gasteiger charge is -2.08. The van der Waals surface area contributed by atoms with Gasteiger partial charge in [0.15, 0.2) is 0 Å². The minimum absolute atomic E-state index is 0.312. The van der Waals surface area contributed by atoms with Gasteiger partial charge in [-0.15, -0.1) is 0 Å². The van der Waals surface area contributed by atoms with Crippen molar-refractivity contribution >= 4 is 16.9 Å². The number of carbonyl (C=O) groups is 1. The van der Waals surface area contributed by atoms with Crippen LogP contribution in [-0.2, 0) is 0 Å². The summed E-state index contributed by atoms with van der Waals surface area (Å²) in [5.74, 6) is -0.908. The van der Waals surface area contributed by atoms with E-state index in [0.29, 0.717) is 5.56 Å². The maximum absolute atomic E-state index is 11.2. The van der Waals surface area contributed by atoms with Crippen molar-refractivity contribution in [3.05, 3.63) is 59.3 Å². The van der Waals surface area contributed by atoms with E-state index in [2.05, 4.69) is 37.0 Å². The second-order valence-corrected chi connectivity index (χ2v) is 5.09. The van der Waals surface area contributed by atoms with Crippen LogP contribution in [0.5, 0.6) is 0 Å². The van der Waals surface area contributed by atoms with Crippen LogP contribution in [-0.4, -0.2) is 16.1 Å². The van der Waals surface area contributed by atoms with Crippen molar-refractivity contribution in [2.24, 2.45) is 0 Å². The van der Waals surface area contributed by atoms with Gasteiger partial charge < -0.3 is 10.1 Å². The van der Waals surface area contributed by atoms with Gasteiger partial charge in [0.25, 0.3) is 0 Å². The molecule has 0 spiro atoms. The Morgan fingerprint density at radius 3 is 2.65 bits per heavy atom. The smallest absolute Gasteiger partial charge is 0.337 e. The predicted molar refractivity (Wildman–Crippen MR) is 80.2 cm³/mol. The molecule has 0 saturated carbocycles. The Morgan fingerprint density at radius 2 is 1.90 bits per heavy atom. The van der Waals surface area contributed by atoms with Gasteiger partial charge >= 0.3 is 5.97 Å². The van der Waals surface area contributed by atoms with Crippen molar-refractivity contribution in [3.8, 4) is 11.1 Å². The highest BCUT2D eigenvalue weighted by molar-refractivity contribution is 6.04. The Kier molecular flexibility index (Phi) is 2.83. The first kappa shape index (κ1) is 12.5. The predicted octanol–water partition coefficient (Wildman–Crippen LogP) is 4.15. The third-order valence-electron chi connectivity index (χ3n) is 3.62. The summed E-state index contributed by atoms with van der Waals surface area (Å²) in [6.45, 7) is 4.12. The summed E-state index contributed by atoms with van der Waals surface area (Å²) < 4.78 is 0. The molecule has 2 aromatic carbocycles. The zero-order valence-corrected chi connectivity index (χ0v) is 11.4. The first-order chi connectivity index (χ1) is 9.56. The molecule has 2 N–H and O–H groups in total. The number of H-pyrrole nitrogens is 1. The number of hydrogen-bond acceptors (Lipinski definition) is 1. The molecule has 100 valence electrons. The molecular weight excluding hydrogens is 250 g/mol. The molecule has 0 radical (unpaired) electrons. The highest BCUT2D eigenvalue weighted by Crippen LogP contribution is 2.29. The average Bonchev–Trinajstić information content (AvgIpc) is 2.84. The van der Waals surface area contributed by atoms with Crippen LogP contribution in [0.25, 0.3) is 22.0 Å². The van der Waals surface area contributed by atoms with Crippen LogP contribution in [0.2, 0.25) is 0 Å². The van der Waals surface area contributed by atoms with Crippen LogP contribution < -0.4 is 0 Å². The summed E-state index contributed by atoms with van der Waals surface area (Å²) >= 11 is 0. The van der Waals surface area contributed by atoms with E-state index in [1.165, 1.54) is 11.1 Å². The molecule has 0 aliphatic heterocycles.